The summed E-state index contributed by atoms with van der Waals surface area (Å²) >= 11 is 0. The first-order chi connectivity index (χ1) is 9.25. The zero-order valence-corrected chi connectivity index (χ0v) is 11.6. The first-order valence-electron chi connectivity index (χ1n) is 6.14. The predicted octanol–water partition coefficient (Wildman–Crippen LogP) is -0.730. The Morgan fingerprint density at radius 1 is 1.30 bits per heavy atom. The van der Waals surface area contributed by atoms with Crippen molar-refractivity contribution in [2.24, 2.45) is 5.73 Å². The zero-order chi connectivity index (χ0) is 15.0. The molecule has 0 radical (unpaired) electrons. The van der Waals surface area contributed by atoms with Gasteiger partial charge in [0.15, 0.2) is 5.60 Å². The van der Waals surface area contributed by atoms with Crippen molar-refractivity contribution in [3.8, 4) is 0 Å². The molecule has 5 N–H and O–H groups in total. The van der Waals surface area contributed by atoms with E-state index in [1.807, 2.05) is 0 Å². The van der Waals surface area contributed by atoms with Crippen LogP contribution in [0, 0.1) is 0 Å². The topological polar surface area (TPSA) is 127 Å². The van der Waals surface area contributed by atoms with E-state index in [0.29, 0.717) is 12.1 Å². The molecule has 2 rings (SSSR count). The minimum absolute atomic E-state index is 0.0698. The first-order valence-corrected chi connectivity index (χ1v) is 7.58. The molecule has 0 aromatic heterocycles. The van der Waals surface area contributed by atoms with Gasteiger partial charge < -0.3 is 16.6 Å². The number of hydrogen-bond donors (Lipinski definition) is 3. The fourth-order valence-electron chi connectivity index (χ4n) is 2.19. The average Bonchev–Trinajstić information content (AvgIpc) is 2.39. The third-order valence-electron chi connectivity index (χ3n) is 3.41. The lowest BCUT2D eigenvalue weighted by Gasteiger charge is -2.36. The number of hydrogen-bond acceptors (Lipinski definition) is 5. The SMILES string of the molecule is NC(=O)[C@]1(O)CCCN(S(=O)(=O)c2ccc(N)cc2)C1. The van der Waals surface area contributed by atoms with Crippen LogP contribution in [0.5, 0.6) is 0 Å². The molecule has 8 heteroatoms. The summed E-state index contributed by atoms with van der Waals surface area (Å²) in [5.41, 5.74) is 9.31. The Morgan fingerprint density at radius 3 is 2.45 bits per heavy atom. The highest BCUT2D eigenvalue weighted by atomic mass is 32.2. The van der Waals surface area contributed by atoms with Gasteiger partial charge in [-0.2, -0.15) is 4.31 Å². The number of primary amides is 1. The normalized spacial score (nSPS) is 24.4. The highest BCUT2D eigenvalue weighted by molar-refractivity contribution is 7.89. The van der Waals surface area contributed by atoms with Crippen molar-refractivity contribution in [2.75, 3.05) is 18.8 Å². The van der Waals surface area contributed by atoms with E-state index >= 15 is 0 Å². The zero-order valence-electron chi connectivity index (χ0n) is 10.8. The van der Waals surface area contributed by atoms with Crippen LogP contribution in [-0.2, 0) is 14.8 Å². The Balaban J connectivity index is 2.30. The summed E-state index contributed by atoms with van der Waals surface area (Å²) in [6, 6.07) is 5.75. The monoisotopic (exact) mass is 299 g/mol. The van der Waals surface area contributed by atoms with Gasteiger partial charge in [-0.15, -0.1) is 0 Å². The predicted molar refractivity (Wildman–Crippen MR) is 73.0 cm³/mol. The van der Waals surface area contributed by atoms with Crippen molar-refractivity contribution in [3.05, 3.63) is 24.3 Å². The van der Waals surface area contributed by atoms with E-state index in [-0.39, 0.29) is 24.4 Å². The average molecular weight is 299 g/mol. The number of amides is 1. The van der Waals surface area contributed by atoms with E-state index in [2.05, 4.69) is 0 Å². The quantitative estimate of drug-likeness (QED) is 0.634. The summed E-state index contributed by atoms with van der Waals surface area (Å²) in [7, 11) is -3.77. The van der Waals surface area contributed by atoms with Crippen molar-refractivity contribution in [2.45, 2.75) is 23.3 Å². The number of piperidine rings is 1. The van der Waals surface area contributed by atoms with Gasteiger partial charge in [0, 0.05) is 12.2 Å². The second-order valence-electron chi connectivity index (χ2n) is 4.91. The maximum atomic E-state index is 12.4. The van der Waals surface area contributed by atoms with Crippen molar-refractivity contribution in [3.63, 3.8) is 0 Å². The summed E-state index contributed by atoms with van der Waals surface area (Å²) in [5, 5.41) is 10.1. The van der Waals surface area contributed by atoms with Crippen molar-refractivity contribution >= 4 is 21.6 Å². The molecular formula is C12H17N3O4S. The third kappa shape index (κ3) is 2.62. The van der Waals surface area contributed by atoms with Gasteiger partial charge in [0.1, 0.15) is 0 Å². The van der Waals surface area contributed by atoms with E-state index in [4.69, 9.17) is 11.5 Å². The molecule has 20 heavy (non-hydrogen) atoms. The number of sulfonamides is 1. The molecule has 0 bridgehead atoms. The first kappa shape index (κ1) is 14.8. The van der Waals surface area contributed by atoms with Gasteiger partial charge in [-0.3, -0.25) is 4.79 Å². The van der Waals surface area contributed by atoms with Gasteiger partial charge in [0.2, 0.25) is 10.0 Å². The van der Waals surface area contributed by atoms with E-state index in [1.165, 1.54) is 24.3 Å². The van der Waals surface area contributed by atoms with Crippen LogP contribution >= 0.6 is 0 Å². The highest BCUT2D eigenvalue weighted by Crippen LogP contribution is 2.26. The molecule has 1 fully saturated rings. The van der Waals surface area contributed by atoms with Gasteiger partial charge in [-0.05, 0) is 37.1 Å². The molecule has 0 saturated carbocycles. The summed E-state index contributed by atoms with van der Waals surface area (Å²) in [6.45, 7) is -0.0860. The molecule has 110 valence electrons. The van der Waals surface area contributed by atoms with Gasteiger partial charge in [0.25, 0.3) is 5.91 Å². The van der Waals surface area contributed by atoms with Gasteiger partial charge in [-0.1, -0.05) is 0 Å². The summed E-state index contributed by atoms with van der Waals surface area (Å²) in [5.74, 6) is -0.908. The molecule has 1 amide bonds. The summed E-state index contributed by atoms with van der Waals surface area (Å²) in [4.78, 5) is 11.3. The molecule has 1 aromatic rings. The molecule has 7 nitrogen and oxygen atoms in total. The van der Waals surface area contributed by atoms with Crippen molar-refractivity contribution in [1.82, 2.24) is 4.31 Å². The van der Waals surface area contributed by atoms with Crippen LogP contribution < -0.4 is 11.5 Å². The summed E-state index contributed by atoms with van der Waals surface area (Å²) < 4.78 is 25.9. The number of anilines is 1. The Kier molecular flexibility index (Phi) is 3.72. The Hall–Kier alpha value is -1.64. The maximum Gasteiger partial charge on any atom is 0.250 e. The fraction of sp³-hybridized carbons (Fsp3) is 0.417. The van der Waals surface area contributed by atoms with E-state index in [9.17, 15) is 18.3 Å². The number of carbonyl (C=O) groups excluding carboxylic acids is 1. The van der Waals surface area contributed by atoms with Gasteiger partial charge in [-0.25, -0.2) is 8.42 Å². The second kappa shape index (κ2) is 5.04. The van der Waals surface area contributed by atoms with E-state index < -0.39 is 21.5 Å². The Labute approximate surface area is 117 Å². The lowest BCUT2D eigenvalue weighted by molar-refractivity contribution is -0.139. The van der Waals surface area contributed by atoms with Crippen LogP contribution in [0.4, 0.5) is 5.69 Å². The molecule has 0 aliphatic carbocycles. The Bertz CT molecular complexity index is 614. The van der Waals surface area contributed by atoms with Gasteiger partial charge >= 0.3 is 0 Å². The maximum absolute atomic E-state index is 12.4. The van der Waals surface area contributed by atoms with Crippen LogP contribution in [0.25, 0.3) is 0 Å². The lowest BCUT2D eigenvalue weighted by atomic mass is 9.94. The molecule has 1 aliphatic rings. The van der Waals surface area contributed by atoms with Crippen LogP contribution in [0.1, 0.15) is 12.8 Å². The molecule has 1 atom stereocenters. The second-order valence-corrected chi connectivity index (χ2v) is 6.84. The largest absolute Gasteiger partial charge is 0.399 e. The molecule has 0 spiro atoms. The number of aliphatic hydroxyl groups is 1. The van der Waals surface area contributed by atoms with E-state index in [0.717, 1.165) is 4.31 Å². The lowest BCUT2D eigenvalue weighted by Crippen LogP contribution is -2.56. The van der Waals surface area contributed by atoms with E-state index in [1.54, 1.807) is 0 Å². The van der Waals surface area contributed by atoms with Crippen molar-refractivity contribution < 1.29 is 18.3 Å². The number of nitrogens with two attached hydrogens (primary N) is 2. The number of nitrogens with zero attached hydrogens (tertiary/aromatic N) is 1. The number of nitrogen functional groups attached to an aromatic ring is 1. The molecule has 1 aliphatic heterocycles. The van der Waals surface area contributed by atoms with Crippen LogP contribution in [0.15, 0.2) is 29.2 Å². The minimum Gasteiger partial charge on any atom is -0.399 e. The number of benzene rings is 1. The van der Waals surface area contributed by atoms with Crippen molar-refractivity contribution in [1.29, 1.82) is 0 Å². The minimum atomic E-state index is -3.77. The van der Waals surface area contributed by atoms with Gasteiger partial charge in [0.05, 0.1) is 11.4 Å². The molecular weight excluding hydrogens is 282 g/mol. The third-order valence-corrected chi connectivity index (χ3v) is 5.27. The smallest absolute Gasteiger partial charge is 0.250 e. The molecule has 1 heterocycles. The van der Waals surface area contributed by atoms with Crippen LogP contribution in [-0.4, -0.2) is 42.4 Å². The number of carbonyl (C=O) groups is 1. The fourth-order valence-corrected chi connectivity index (χ4v) is 3.72. The standard InChI is InChI=1S/C12H17N3O4S/c13-9-2-4-10(5-3-9)20(18,19)15-7-1-6-12(17,8-15)11(14)16/h2-5,17H,1,6-8,13H2,(H2,14,16)/t12-/m0/s1. The molecule has 1 aromatic carbocycles. The molecule has 1 saturated heterocycles. The Morgan fingerprint density at radius 2 is 1.90 bits per heavy atom. The summed E-state index contributed by atoms with van der Waals surface area (Å²) in [6.07, 6.45) is 0.531. The molecule has 0 unspecified atom stereocenters. The van der Waals surface area contributed by atoms with Crippen LogP contribution in [0.2, 0.25) is 0 Å². The van der Waals surface area contributed by atoms with Crippen LogP contribution in [0.3, 0.4) is 0 Å². The highest BCUT2D eigenvalue weighted by Gasteiger charge is 2.42. The number of rotatable bonds is 3. The number of β-amino-alcohol motifs (C(OH)–C–C–N with tert-alkyl or cyclic N) is 1.